The standard InChI is InChI=1S/C23H24N4O8S/c1-15-11-25(14-34-23(29)17-5-2-4-16(10-17)13-35-27(30)31)22(28)19-6-3-7-20(21(15)19)36(32,33)26-9-8-18(24)12-26/h2-7,10-11,18H,8-9,12-14,24H2,1H3/t18-/m0/s1. The average molecular weight is 517 g/mol. The Hall–Kier alpha value is -3.81. The first kappa shape index (κ1) is 25.3. The van der Waals surface area contributed by atoms with Crippen molar-refractivity contribution < 1.29 is 27.9 Å². The molecule has 0 saturated carbocycles. The topological polar surface area (TPSA) is 164 Å². The van der Waals surface area contributed by atoms with E-state index in [1.807, 2.05) is 0 Å². The zero-order valence-corrected chi connectivity index (χ0v) is 20.1. The van der Waals surface area contributed by atoms with E-state index in [1.165, 1.54) is 51.5 Å². The lowest BCUT2D eigenvalue weighted by atomic mass is 10.1. The van der Waals surface area contributed by atoms with E-state index >= 15 is 0 Å². The molecule has 0 unspecified atom stereocenters. The molecule has 0 radical (unpaired) electrons. The summed E-state index contributed by atoms with van der Waals surface area (Å²) in [5, 5.41) is 9.93. The lowest BCUT2D eigenvalue weighted by Gasteiger charge is -2.19. The van der Waals surface area contributed by atoms with Crippen LogP contribution in [-0.4, -0.2) is 47.5 Å². The zero-order chi connectivity index (χ0) is 26.0. The minimum atomic E-state index is -3.86. The van der Waals surface area contributed by atoms with Gasteiger partial charge in [-0.3, -0.25) is 9.36 Å². The van der Waals surface area contributed by atoms with Crippen molar-refractivity contribution in [1.82, 2.24) is 8.87 Å². The lowest BCUT2D eigenvalue weighted by molar-refractivity contribution is -0.763. The van der Waals surface area contributed by atoms with E-state index in [-0.39, 0.29) is 35.0 Å². The van der Waals surface area contributed by atoms with E-state index in [0.717, 1.165) is 0 Å². The average Bonchev–Trinajstić information content (AvgIpc) is 3.30. The Labute approximate surface area is 206 Å². The highest BCUT2D eigenvalue weighted by molar-refractivity contribution is 7.89. The molecular weight excluding hydrogens is 492 g/mol. The molecule has 1 atom stereocenters. The van der Waals surface area contributed by atoms with Crippen molar-refractivity contribution in [3.05, 3.63) is 85.8 Å². The fourth-order valence-electron chi connectivity index (χ4n) is 4.18. The summed E-state index contributed by atoms with van der Waals surface area (Å²) in [6.07, 6.45) is 2.00. The summed E-state index contributed by atoms with van der Waals surface area (Å²) in [6.45, 7) is 1.46. The summed E-state index contributed by atoms with van der Waals surface area (Å²) in [7, 11) is -3.86. The number of esters is 1. The van der Waals surface area contributed by atoms with Crippen LogP contribution in [0.15, 0.2) is 58.4 Å². The molecule has 1 aliphatic heterocycles. The van der Waals surface area contributed by atoms with Gasteiger partial charge in [0, 0.05) is 36.1 Å². The number of aryl methyl sites for hydroxylation is 1. The number of rotatable bonds is 8. The Morgan fingerprint density at radius 3 is 2.69 bits per heavy atom. The van der Waals surface area contributed by atoms with Crippen molar-refractivity contribution in [2.24, 2.45) is 5.73 Å². The number of pyridine rings is 1. The van der Waals surface area contributed by atoms with E-state index in [9.17, 15) is 28.1 Å². The second-order valence-corrected chi connectivity index (χ2v) is 10.3. The van der Waals surface area contributed by atoms with Crippen LogP contribution in [0.5, 0.6) is 0 Å². The van der Waals surface area contributed by atoms with Crippen molar-refractivity contribution >= 4 is 26.8 Å². The maximum atomic E-state index is 13.3. The Morgan fingerprint density at radius 1 is 1.25 bits per heavy atom. The molecule has 13 heteroatoms. The van der Waals surface area contributed by atoms with Gasteiger partial charge in [-0.25, -0.2) is 13.2 Å². The van der Waals surface area contributed by atoms with Gasteiger partial charge < -0.3 is 15.3 Å². The monoisotopic (exact) mass is 516 g/mol. The van der Waals surface area contributed by atoms with Crippen molar-refractivity contribution in [3.63, 3.8) is 0 Å². The molecule has 0 aliphatic carbocycles. The third-order valence-corrected chi connectivity index (χ3v) is 7.81. The third-order valence-electron chi connectivity index (χ3n) is 5.90. The van der Waals surface area contributed by atoms with Gasteiger partial charge in [-0.15, -0.1) is 10.1 Å². The van der Waals surface area contributed by atoms with Crippen LogP contribution in [-0.2, 0) is 32.9 Å². The molecule has 1 fully saturated rings. The van der Waals surface area contributed by atoms with E-state index in [0.29, 0.717) is 29.5 Å². The number of hydrogen-bond acceptors (Lipinski definition) is 9. The molecule has 190 valence electrons. The summed E-state index contributed by atoms with van der Waals surface area (Å²) in [4.78, 5) is 40.4. The Bertz CT molecular complexity index is 1500. The van der Waals surface area contributed by atoms with E-state index < -0.39 is 33.4 Å². The van der Waals surface area contributed by atoms with Gasteiger partial charge >= 0.3 is 5.97 Å². The van der Waals surface area contributed by atoms with Crippen LogP contribution in [0.1, 0.15) is 27.9 Å². The first-order valence-electron chi connectivity index (χ1n) is 11.0. The number of benzene rings is 2. The quantitative estimate of drug-likeness (QED) is 0.266. The van der Waals surface area contributed by atoms with Gasteiger partial charge in [-0.2, -0.15) is 4.31 Å². The van der Waals surface area contributed by atoms with E-state index in [2.05, 4.69) is 4.84 Å². The van der Waals surface area contributed by atoms with Crippen LogP contribution in [0.4, 0.5) is 0 Å². The fraction of sp³-hybridized carbons (Fsp3) is 0.304. The van der Waals surface area contributed by atoms with Crippen LogP contribution in [0.2, 0.25) is 0 Å². The first-order chi connectivity index (χ1) is 17.1. The predicted octanol–water partition coefficient (Wildman–Crippen LogP) is 1.55. The number of ether oxygens (including phenoxy) is 1. The molecule has 0 spiro atoms. The molecule has 36 heavy (non-hydrogen) atoms. The van der Waals surface area contributed by atoms with Crippen molar-refractivity contribution in [1.29, 1.82) is 0 Å². The van der Waals surface area contributed by atoms with Crippen LogP contribution in [0.25, 0.3) is 10.8 Å². The molecule has 3 aromatic rings. The molecule has 4 rings (SSSR count). The maximum Gasteiger partial charge on any atom is 0.339 e. The molecule has 1 aromatic heterocycles. The maximum absolute atomic E-state index is 13.3. The first-order valence-corrected chi connectivity index (χ1v) is 12.4. The largest absolute Gasteiger partial charge is 0.440 e. The second-order valence-electron chi connectivity index (χ2n) is 8.44. The number of carbonyl (C=O) groups excluding carboxylic acids is 1. The van der Waals surface area contributed by atoms with Gasteiger partial charge in [0.1, 0.15) is 6.61 Å². The SMILES string of the molecule is Cc1cn(COC(=O)c2cccc(CO[N+](=O)[O-])c2)c(=O)c2cccc(S(=O)(=O)N3CC[C@H](N)C3)c12. The number of carbonyl (C=O) groups is 1. The Morgan fingerprint density at radius 2 is 2.00 bits per heavy atom. The second kappa shape index (κ2) is 10.0. The van der Waals surface area contributed by atoms with Crippen molar-refractivity contribution in [2.75, 3.05) is 13.1 Å². The minimum absolute atomic E-state index is 0.0293. The van der Waals surface area contributed by atoms with Gasteiger partial charge in [-0.05, 0) is 48.7 Å². The van der Waals surface area contributed by atoms with E-state index in [1.54, 1.807) is 13.0 Å². The third kappa shape index (κ3) is 5.08. The summed E-state index contributed by atoms with van der Waals surface area (Å²) >= 11 is 0. The zero-order valence-electron chi connectivity index (χ0n) is 19.3. The summed E-state index contributed by atoms with van der Waals surface area (Å²) in [6, 6.07) is 10.2. The highest BCUT2D eigenvalue weighted by Crippen LogP contribution is 2.28. The Kier molecular flexibility index (Phi) is 7.06. The smallest absolute Gasteiger partial charge is 0.339 e. The van der Waals surface area contributed by atoms with Crippen molar-refractivity contribution in [3.8, 4) is 0 Å². The molecule has 2 N–H and O–H groups in total. The number of fused-ring (bicyclic) bond motifs is 1. The lowest BCUT2D eigenvalue weighted by Crippen LogP contribution is -2.32. The summed E-state index contributed by atoms with van der Waals surface area (Å²) in [5.41, 5.74) is 6.40. The van der Waals surface area contributed by atoms with Gasteiger partial charge in [0.05, 0.1) is 10.5 Å². The van der Waals surface area contributed by atoms with Crippen LogP contribution in [0.3, 0.4) is 0 Å². The number of nitrogens with two attached hydrogens (primary N) is 1. The number of nitrogens with zero attached hydrogens (tertiary/aromatic N) is 3. The highest BCUT2D eigenvalue weighted by atomic mass is 32.2. The predicted molar refractivity (Wildman–Crippen MR) is 128 cm³/mol. The molecule has 1 saturated heterocycles. The summed E-state index contributed by atoms with van der Waals surface area (Å²) < 4.78 is 34.3. The normalized spacial score (nSPS) is 16.2. The van der Waals surface area contributed by atoms with Crippen molar-refractivity contribution in [2.45, 2.75) is 37.6 Å². The fourth-order valence-corrected chi connectivity index (χ4v) is 5.97. The van der Waals surface area contributed by atoms with Crippen LogP contribution >= 0.6 is 0 Å². The molecule has 1 aliphatic rings. The van der Waals surface area contributed by atoms with Gasteiger partial charge in [0.25, 0.3) is 10.6 Å². The molecule has 0 bridgehead atoms. The summed E-state index contributed by atoms with van der Waals surface area (Å²) in [5.74, 6) is -0.746. The van der Waals surface area contributed by atoms with Gasteiger partial charge in [0.2, 0.25) is 10.0 Å². The van der Waals surface area contributed by atoms with Gasteiger partial charge in [0.15, 0.2) is 6.73 Å². The molecule has 2 heterocycles. The number of sulfonamides is 1. The highest BCUT2D eigenvalue weighted by Gasteiger charge is 2.32. The molecule has 2 aromatic carbocycles. The van der Waals surface area contributed by atoms with Crippen LogP contribution < -0.4 is 11.3 Å². The van der Waals surface area contributed by atoms with Gasteiger partial charge in [-0.1, -0.05) is 18.2 Å². The molecular formula is C23H24N4O8S. The molecule has 12 nitrogen and oxygen atoms in total. The number of hydrogen-bond donors (Lipinski definition) is 1. The Balaban J connectivity index is 1.59. The minimum Gasteiger partial charge on any atom is -0.440 e. The molecule has 0 amide bonds. The van der Waals surface area contributed by atoms with E-state index in [4.69, 9.17) is 10.5 Å². The number of aromatic nitrogens is 1. The van der Waals surface area contributed by atoms with Crippen LogP contribution in [0, 0.1) is 17.0 Å².